The van der Waals surface area contributed by atoms with Crippen LogP contribution in [0.1, 0.15) is 79.4 Å². The number of halogens is 1. The van der Waals surface area contributed by atoms with E-state index in [1.807, 2.05) is 39.0 Å². The summed E-state index contributed by atoms with van der Waals surface area (Å²) in [7, 11) is 1.46. The van der Waals surface area contributed by atoms with Gasteiger partial charge in [-0.3, -0.25) is 9.36 Å². The molecule has 1 aromatic heterocycles. The van der Waals surface area contributed by atoms with Crippen LogP contribution in [-0.2, 0) is 7.05 Å². The number of carbonyl (C=O) groups excluding carboxylic acids is 1. The fourth-order valence-corrected chi connectivity index (χ4v) is 5.05. The Morgan fingerprint density at radius 3 is 2.41 bits per heavy atom. The first-order chi connectivity index (χ1) is 17.6. The van der Waals surface area contributed by atoms with Crippen LogP contribution >= 0.6 is 0 Å². The van der Waals surface area contributed by atoms with E-state index in [9.17, 15) is 14.7 Å². The van der Waals surface area contributed by atoms with Gasteiger partial charge in [-0.1, -0.05) is 37.5 Å². The number of aliphatic hydroxyl groups is 1. The molecule has 1 fully saturated rings. The maximum absolute atomic E-state index is 15.5. The van der Waals surface area contributed by atoms with Gasteiger partial charge in [0.25, 0.3) is 5.91 Å². The minimum Gasteiger partial charge on any atom is -0.490 e. The third-order valence-corrected chi connectivity index (χ3v) is 7.26. The number of rotatable bonds is 7. The average molecular weight is 511 g/mol. The molecule has 0 radical (unpaired) electrons. The Morgan fingerprint density at radius 2 is 1.81 bits per heavy atom. The molecule has 198 valence electrons. The molecule has 1 amide bonds. The number of amides is 1. The Hall–Kier alpha value is -3.46. The summed E-state index contributed by atoms with van der Waals surface area (Å²) in [5.74, 6) is -0.724. The molecule has 37 heavy (non-hydrogen) atoms. The maximum Gasteiger partial charge on any atom is 0.350 e. The molecule has 9 heteroatoms. The van der Waals surface area contributed by atoms with Crippen molar-refractivity contribution >= 4 is 11.6 Å². The molecule has 3 aromatic rings. The van der Waals surface area contributed by atoms with Gasteiger partial charge >= 0.3 is 5.69 Å². The number of anilines is 1. The van der Waals surface area contributed by atoms with Crippen LogP contribution in [0.2, 0.25) is 0 Å². The fourth-order valence-electron chi connectivity index (χ4n) is 5.05. The Balaban J connectivity index is 1.78. The molecule has 1 heterocycles. The number of aromatic nitrogens is 3. The number of hydrogen-bond acceptors (Lipinski definition) is 5. The summed E-state index contributed by atoms with van der Waals surface area (Å²) < 4.78 is 23.9. The number of ether oxygens (including phenoxy) is 1. The molecule has 1 saturated carbocycles. The van der Waals surface area contributed by atoms with Crippen LogP contribution in [-0.4, -0.2) is 31.5 Å². The number of aliphatic hydroxyl groups excluding tert-OH is 1. The summed E-state index contributed by atoms with van der Waals surface area (Å²) in [6.45, 7) is 7.22. The van der Waals surface area contributed by atoms with E-state index in [1.54, 1.807) is 0 Å². The predicted octanol–water partition coefficient (Wildman–Crippen LogP) is 4.98. The molecule has 0 aliphatic heterocycles. The molecule has 1 aliphatic carbocycles. The normalized spacial score (nSPS) is 15.9. The maximum atomic E-state index is 15.5. The summed E-state index contributed by atoms with van der Waals surface area (Å²) in [5.41, 5.74) is 1.69. The summed E-state index contributed by atoms with van der Waals surface area (Å²) in [5, 5.41) is 17.0. The van der Waals surface area contributed by atoms with Crippen LogP contribution in [0.4, 0.5) is 10.1 Å². The smallest absolute Gasteiger partial charge is 0.350 e. The van der Waals surface area contributed by atoms with Gasteiger partial charge in [-0.05, 0) is 63.6 Å². The van der Waals surface area contributed by atoms with Crippen molar-refractivity contribution in [3.05, 3.63) is 69.1 Å². The highest BCUT2D eigenvalue weighted by Gasteiger charge is 2.27. The van der Waals surface area contributed by atoms with E-state index in [-0.39, 0.29) is 28.9 Å². The second-order valence-corrected chi connectivity index (χ2v) is 10.0. The third-order valence-electron chi connectivity index (χ3n) is 7.26. The van der Waals surface area contributed by atoms with Crippen LogP contribution in [0, 0.1) is 25.6 Å². The van der Waals surface area contributed by atoms with Crippen molar-refractivity contribution in [2.75, 3.05) is 5.32 Å². The number of nitrogens with zero attached hydrogens (tertiary/aromatic N) is 3. The first kappa shape index (κ1) is 26.6. The molecule has 0 saturated heterocycles. The number of benzene rings is 2. The van der Waals surface area contributed by atoms with Crippen LogP contribution in [0.15, 0.2) is 35.1 Å². The van der Waals surface area contributed by atoms with E-state index in [0.29, 0.717) is 11.6 Å². The van der Waals surface area contributed by atoms with Gasteiger partial charge in [-0.15, -0.1) is 5.10 Å². The lowest BCUT2D eigenvalue weighted by Gasteiger charge is -2.29. The molecule has 4 rings (SSSR count). The molecule has 2 atom stereocenters. The molecule has 0 bridgehead atoms. The Labute approximate surface area is 216 Å². The highest BCUT2D eigenvalue weighted by atomic mass is 19.1. The molecular formula is C28H35FN4O4. The van der Waals surface area contributed by atoms with Crippen molar-refractivity contribution in [2.45, 2.75) is 72.0 Å². The van der Waals surface area contributed by atoms with E-state index in [2.05, 4.69) is 10.4 Å². The first-order valence-electron chi connectivity index (χ1n) is 12.8. The highest BCUT2D eigenvalue weighted by Crippen LogP contribution is 2.33. The number of para-hydroxylation sites is 1. The summed E-state index contributed by atoms with van der Waals surface area (Å²) >= 11 is 0. The number of aryl methyl sites for hydroxylation is 2. The van der Waals surface area contributed by atoms with Gasteiger partial charge in [0.05, 0.1) is 11.7 Å². The van der Waals surface area contributed by atoms with Gasteiger partial charge in [0, 0.05) is 18.8 Å². The Kier molecular flexibility index (Phi) is 7.82. The Morgan fingerprint density at radius 1 is 1.16 bits per heavy atom. The van der Waals surface area contributed by atoms with E-state index in [0.717, 1.165) is 52.1 Å². The zero-order valence-electron chi connectivity index (χ0n) is 22.0. The van der Waals surface area contributed by atoms with E-state index in [4.69, 9.17) is 4.74 Å². The number of hydrogen-bond donors (Lipinski definition) is 2. The lowest BCUT2D eigenvalue weighted by molar-refractivity contribution is 0.0997. The van der Waals surface area contributed by atoms with E-state index < -0.39 is 23.5 Å². The van der Waals surface area contributed by atoms with Crippen LogP contribution in [0.5, 0.6) is 5.75 Å². The number of nitrogens with one attached hydrogen (secondary N) is 1. The van der Waals surface area contributed by atoms with Crippen molar-refractivity contribution < 1.29 is 19.0 Å². The lowest BCUT2D eigenvalue weighted by Crippen LogP contribution is -2.28. The quantitative estimate of drug-likeness (QED) is 0.467. The summed E-state index contributed by atoms with van der Waals surface area (Å²) in [6, 6.07) is 8.13. The monoisotopic (exact) mass is 510 g/mol. The highest BCUT2D eigenvalue weighted by molar-refractivity contribution is 6.07. The SMILES string of the molecule is Cc1cccc(C)c1NC(=O)c1cc(F)c(-n2nc(C(C)O)n(C)c2=O)cc1OC(C)C1CCCCC1. The zero-order valence-corrected chi connectivity index (χ0v) is 22.0. The largest absolute Gasteiger partial charge is 0.490 e. The van der Waals surface area contributed by atoms with Gasteiger partial charge in [0.2, 0.25) is 0 Å². The second-order valence-electron chi connectivity index (χ2n) is 10.0. The van der Waals surface area contributed by atoms with E-state index in [1.165, 1.54) is 26.5 Å². The van der Waals surface area contributed by atoms with Crippen LogP contribution < -0.4 is 15.7 Å². The molecule has 1 aliphatic rings. The summed E-state index contributed by atoms with van der Waals surface area (Å²) in [6.07, 6.45) is 4.26. The first-order valence-corrected chi connectivity index (χ1v) is 12.8. The minimum atomic E-state index is -1.02. The van der Waals surface area contributed by atoms with Crippen molar-refractivity contribution in [1.29, 1.82) is 0 Å². The fraction of sp³-hybridized carbons (Fsp3) is 0.464. The van der Waals surface area contributed by atoms with Gasteiger partial charge in [-0.2, -0.15) is 4.68 Å². The Bertz CT molecular complexity index is 1330. The predicted molar refractivity (Wildman–Crippen MR) is 140 cm³/mol. The van der Waals surface area contributed by atoms with Crippen LogP contribution in [0.3, 0.4) is 0 Å². The van der Waals surface area contributed by atoms with Gasteiger partial charge < -0.3 is 15.2 Å². The lowest BCUT2D eigenvalue weighted by atomic mass is 9.86. The second kappa shape index (κ2) is 10.9. The van der Waals surface area contributed by atoms with Gasteiger partial charge in [0.15, 0.2) is 5.82 Å². The van der Waals surface area contributed by atoms with E-state index >= 15 is 4.39 Å². The molecule has 2 aromatic carbocycles. The molecule has 2 N–H and O–H groups in total. The molecule has 0 spiro atoms. The van der Waals surface area contributed by atoms with Crippen LogP contribution in [0.25, 0.3) is 5.69 Å². The van der Waals surface area contributed by atoms with Crippen molar-refractivity contribution in [1.82, 2.24) is 14.3 Å². The van der Waals surface area contributed by atoms with Gasteiger partial charge in [0.1, 0.15) is 23.4 Å². The molecule has 8 nitrogen and oxygen atoms in total. The topological polar surface area (TPSA) is 98.4 Å². The van der Waals surface area contributed by atoms with Crippen molar-refractivity contribution in [2.24, 2.45) is 13.0 Å². The minimum absolute atomic E-state index is 0.0336. The van der Waals surface area contributed by atoms with Gasteiger partial charge in [-0.25, -0.2) is 9.18 Å². The molecule has 2 unspecified atom stereocenters. The number of carbonyl (C=O) groups is 1. The average Bonchev–Trinajstić information content (AvgIpc) is 3.17. The standard InChI is InChI=1S/C28H35FN4O4/c1-16-10-9-11-17(2)25(16)30-27(35)21-14-22(29)23(33-28(36)32(5)26(31-33)18(3)34)15-24(21)37-19(4)20-12-7-6-8-13-20/h9-11,14-15,18-20,34H,6-8,12-13H2,1-5H3,(H,30,35). The summed E-state index contributed by atoms with van der Waals surface area (Å²) in [4.78, 5) is 26.3. The van der Waals surface area contributed by atoms with Crippen molar-refractivity contribution in [3.8, 4) is 11.4 Å². The third kappa shape index (κ3) is 5.46. The zero-order chi connectivity index (χ0) is 26.9. The molecular weight excluding hydrogens is 475 g/mol. The van der Waals surface area contributed by atoms with Crippen molar-refractivity contribution in [3.63, 3.8) is 0 Å².